The van der Waals surface area contributed by atoms with E-state index < -0.39 is 11.9 Å². The number of hydrogen-bond acceptors (Lipinski definition) is 4. The largest absolute Gasteiger partial charge is 0.462 e. The van der Waals surface area contributed by atoms with E-state index in [-0.39, 0.29) is 0 Å². The molecule has 2 aromatic carbocycles. The average molecular weight is 540 g/mol. The van der Waals surface area contributed by atoms with Crippen molar-refractivity contribution in [1.82, 2.24) is 4.98 Å². The van der Waals surface area contributed by atoms with Gasteiger partial charge in [0, 0.05) is 5.69 Å². The molecule has 0 unspecified atom stereocenters. The highest BCUT2D eigenvalue weighted by atomic mass is 79.9. The molecule has 0 saturated carbocycles. The zero-order chi connectivity index (χ0) is 21.7. The first-order valence-electron chi connectivity index (χ1n) is 9.43. The van der Waals surface area contributed by atoms with Crippen molar-refractivity contribution in [3.05, 3.63) is 45.5 Å². The van der Waals surface area contributed by atoms with Gasteiger partial charge in [0.15, 0.2) is 11.4 Å². The molecule has 9 heteroatoms. The van der Waals surface area contributed by atoms with Crippen molar-refractivity contribution in [2.24, 2.45) is 0 Å². The molecule has 1 aromatic heterocycles. The van der Waals surface area contributed by atoms with Gasteiger partial charge in [-0.25, -0.2) is 4.79 Å². The molecule has 0 fully saturated rings. The summed E-state index contributed by atoms with van der Waals surface area (Å²) in [6.07, 6.45) is 4.32. The number of nitrogens with two attached hydrogens (primary N) is 1. The number of halogens is 2. The number of nitrogens with one attached hydrogen (secondary N) is 2. The molecule has 158 valence electrons. The van der Waals surface area contributed by atoms with E-state index in [9.17, 15) is 9.59 Å². The average Bonchev–Trinajstić information content (AvgIpc) is 3.12. The number of carbonyl (C=O) groups excluding carboxylic acids is 2. The molecular formula is C21H22Br2N3O4+. The van der Waals surface area contributed by atoms with Crippen LogP contribution in [0.4, 0.5) is 11.4 Å². The van der Waals surface area contributed by atoms with Crippen LogP contribution in [0.3, 0.4) is 0 Å². The Balaban J connectivity index is 1.81. The molecule has 1 heterocycles. The lowest BCUT2D eigenvalue weighted by atomic mass is 10.2. The van der Waals surface area contributed by atoms with Crippen molar-refractivity contribution < 1.29 is 24.4 Å². The van der Waals surface area contributed by atoms with E-state index >= 15 is 0 Å². The maximum atomic E-state index is 11.7. The Kier molecular flexibility index (Phi) is 7.52. The number of hydrogen-bond donors (Lipinski definition) is 3. The molecule has 0 aliphatic rings. The minimum Gasteiger partial charge on any atom is -0.462 e. The first-order valence-corrected chi connectivity index (χ1v) is 11.0. The molecule has 0 atom stereocenters. The molecule has 0 aliphatic carbocycles. The van der Waals surface area contributed by atoms with Crippen molar-refractivity contribution in [3.8, 4) is 11.5 Å². The molecule has 7 nitrogen and oxygen atoms in total. The van der Waals surface area contributed by atoms with Gasteiger partial charge in [0.25, 0.3) is 0 Å². The number of anilines is 1. The monoisotopic (exact) mass is 538 g/mol. The van der Waals surface area contributed by atoms with Crippen LogP contribution < -0.4 is 15.4 Å². The summed E-state index contributed by atoms with van der Waals surface area (Å²) < 4.78 is 11.7. The highest BCUT2D eigenvalue weighted by molar-refractivity contribution is 9.11. The summed E-state index contributed by atoms with van der Waals surface area (Å²) in [7, 11) is 1.15. The lowest BCUT2D eigenvalue weighted by Gasteiger charge is -2.12. The first-order chi connectivity index (χ1) is 14.4. The summed E-state index contributed by atoms with van der Waals surface area (Å²) in [6.45, 7) is 3.21. The Morgan fingerprint density at radius 2 is 1.90 bits per heavy atom. The fourth-order valence-electron chi connectivity index (χ4n) is 2.94. The third-order valence-electron chi connectivity index (χ3n) is 4.45. The normalized spacial score (nSPS) is 10.8. The number of quaternary nitrogens is 1. The van der Waals surface area contributed by atoms with Crippen molar-refractivity contribution >= 4 is 66.0 Å². The van der Waals surface area contributed by atoms with Gasteiger partial charge in [0.05, 0.1) is 39.7 Å². The van der Waals surface area contributed by atoms with Crippen LogP contribution in [0.15, 0.2) is 45.5 Å². The van der Waals surface area contributed by atoms with Crippen LogP contribution in [0.2, 0.25) is 0 Å². The lowest BCUT2D eigenvalue weighted by Crippen LogP contribution is -2.77. The predicted octanol–water partition coefficient (Wildman–Crippen LogP) is 4.59. The lowest BCUT2D eigenvalue weighted by molar-refractivity contribution is -0.570. The molecule has 0 radical (unpaired) electrons. The van der Waals surface area contributed by atoms with Gasteiger partial charge >= 0.3 is 11.9 Å². The predicted molar refractivity (Wildman–Crippen MR) is 122 cm³/mol. The Bertz CT molecular complexity index is 1060. The number of benzene rings is 2. The number of carbonyl (C=O) groups is 2. The van der Waals surface area contributed by atoms with Gasteiger partial charge in [-0.15, -0.1) is 0 Å². The molecule has 1 amide bonds. The fraction of sp³-hybridized carbons (Fsp3) is 0.238. The van der Waals surface area contributed by atoms with E-state index in [4.69, 9.17) is 4.74 Å². The van der Waals surface area contributed by atoms with Gasteiger partial charge < -0.3 is 25.1 Å². The van der Waals surface area contributed by atoms with E-state index in [1.54, 1.807) is 12.1 Å². The Hall–Kier alpha value is -2.36. The quantitative estimate of drug-likeness (QED) is 0.232. The molecule has 0 saturated heterocycles. The molecule has 4 N–H and O–H groups in total. The zero-order valence-corrected chi connectivity index (χ0v) is 19.7. The second-order valence-electron chi connectivity index (χ2n) is 6.61. The highest BCUT2D eigenvalue weighted by Crippen LogP contribution is 2.40. The maximum absolute atomic E-state index is 11.7. The Labute approximate surface area is 190 Å². The molecule has 0 bridgehead atoms. The van der Waals surface area contributed by atoms with Gasteiger partial charge in [-0.05, 0) is 68.6 Å². The minimum atomic E-state index is -0.964. The van der Waals surface area contributed by atoms with Crippen molar-refractivity contribution in [2.75, 3.05) is 19.0 Å². The number of rotatable bonds is 7. The van der Waals surface area contributed by atoms with Crippen molar-refractivity contribution in [1.29, 1.82) is 0 Å². The van der Waals surface area contributed by atoms with Gasteiger partial charge in [-0.2, -0.15) is 0 Å². The van der Waals surface area contributed by atoms with Crippen LogP contribution in [0.25, 0.3) is 10.9 Å². The third-order valence-corrected chi connectivity index (χ3v) is 5.63. The van der Waals surface area contributed by atoms with E-state index in [1.807, 2.05) is 24.4 Å². The van der Waals surface area contributed by atoms with E-state index in [0.29, 0.717) is 26.1 Å². The van der Waals surface area contributed by atoms with Crippen LogP contribution in [0.1, 0.15) is 19.8 Å². The number of amides is 1. The van der Waals surface area contributed by atoms with E-state index in [1.165, 1.54) is 0 Å². The summed E-state index contributed by atoms with van der Waals surface area (Å²) in [6, 6.07) is 9.17. The highest BCUT2D eigenvalue weighted by Gasteiger charge is 2.17. The van der Waals surface area contributed by atoms with Gasteiger partial charge in [-0.3, -0.25) is 4.79 Å². The molecule has 0 spiro atoms. The topological polar surface area (TPSA) is 97.0 Å². The summed E-state index contributed by atoms with van der Waals surface area (Å²) >= 11 is 6.93. The second-order valence-corrected chi connectivity index (χ2v) is 8.32. The number of unbranched alkanes of at least 4 members (excludes halogenated alkanes) is 1. The van der Waals surface area contributed by atoms with Crippen LogP contribution in [0.5, 0.6) is 11.5 Å². The SMILES string of the molecule is CCCC[NH2+]c1c[nH]c2ccc(Oc3c(Br)cc(NC(=O)C(=O)OC)cc3Br)cc12. The van der Waals surface area contributed by atoms with Crippen molar-refractivity contribution in [2.45, 2.75) is 19.8 Å². The smallest absolute Gasteiger partial charge is 0.396 e. The Morgan fingerprint density at radius 1 is 1.17 bits per heavy atom. The molecule has 0 aliphatic heterocycles. The number of aromatic nitrogens is 1. The van der Waals surface area contributed by atoms with Crippen LogP contribution in [-0.4, -0.2) is 30.5 Å². The number of esters is 1. The standard InChI is InChI=1S/C21H21Br2N3O4/c1-3-4-7-24-18-11-25-17-6-5-13(10-14(17)18)30-19-15(22)8-12(9-16(19)23)26-20(27)21(28)29-2/h5-6,8-11,24-25H,3-4,7H2,1-2H3,(H,26,27)/p+1. The summed E-state index contributed by atoms with van der Waals surface area (Å²) in [5, 5.41) is 5.81. The van der Waals surface area contributed by atoms with E-state index in [0.717, 1.165) is 43.1 Å². The van der Waals surface area contributed by atoms with Crippen LogP contribution in [-0.2, 0) is 14.3 Å². The fourth-order valence-corrected chi connectivity index (χ4v) is 4.29. The molecule has 30 heavy (non-hydrogen) atoms. The van der Waals surface area contributed by atoms with Gasteiger partial charge in [0.1, 0.15) is 5.75 Å². The number of methoxy groups -OCH3 is 1. The number of H-pyrrole nitrogens is 1. The summed E-state index contributed by atoms with van der Waals surface area (Å²) in [5.74, 6) is -0.582. The third kappa shape index (κ3) is 5.21. The number of fused-ring (bicyclic) bond motifs is 1. The minimum absolute atomic E-state index is 0.422. The van der Waals surface area contributed by atoms with Crippen molar-refractivity contribution in [3.63, 3.8) is 0 Å². The molecule has 3 rings (SSSR count). The first kappa shape index (κ1) is 22.3. The zero-order valence-electron chi connectivity index (χ0n) is 16.6. The maximum Gasteiger partial charge on any atom is 0.396 e. The molecule has 3 aromatic rings. The number of aromatic amines is 1. The van der Waals surface area contributed by atoms with E-state index in [2.05, 4.69) is 59.1 Å². The Morgan fingerprint density at radius 3 is 2.57 bits per heavy atom. The summed E-state index contributed by atoms with van der Waals surface area (Å²) in [5.41, 5.74) is 2.62. The number of ether oxygens (including phenoxy) is 2. The van der Waals surface area contributed by atoms with Gasteiger partial charge in [-0.1, -0.05) is 13.3 Å². The second kappa shape index (κ2) is 10.1. The van der Waals surface area contributed by atoms with Crippen LogP contribution in [0, 0.1) is 0 Å². The van der Waals surface area contributed by atoms with Crippen LogP contribution >= 0.6 is 31.9 Å². The molecular weight excluding hydrogens is 518 g/mol. The summed E-state index contributed by atoms with van der Waals surface area (Å²) in [4.78, 5) is 26.3. The van der Waals surface area contributed by atoms with Gasteiger partial charge in [0.2, 0.25) is 0 Å².